The lowest BCUT2D eigenvalue weighted by Crippen LogP contribution is -2.53. The number of ether oxygens (including phenoxy) is 1. The minimum absolute atomic E-state index is 0.0433. The number of nitrogens with zero attached hydrogens (tertiary/aromatic N) is 2. The van der Waals surface area contributed by atoms with Crippen LogP contribution in [0.15, 0.2) is 71.6 Å². The van der Waals surface area contributed by atoms with Crippen LogP contribution in [0.1, 0.15) is 55.7 Å². The molecule has 0 aliphatic heterocycles. The van der Waals surface area contributed by atoms with Crippen LogP contribution >= 0.6 is 11.6 Å². The Morgan fingerprint density at radius 2 is 1.58 bits per heavy atom. The third-order valence-electron chi connectivity index (χ3n) is 7.88. The second kappa shape index (κ2) is 14.3. The summed E-state index contributed by atoms with van der Waals surface area (Å²) in [5.74, 6) is -0.489. The van der Waals surface area contributed by atoms with Gasteiger partial charge in [-0.15, -0.1) is 0 Å². The predicted octanol–water partition coefficient (Wildman–Crippen LogP) is 6.03. The zero-order chi connectivity index (χ0) is 31.1. The number of benzene rings is 3. The molecule has 0 bridgehead atoms. The maximum Gasteiger partial charge on any atom is 0.264 e. The van der Waals surface area contributed by atoms with E-state index in [-0.39, 0.29) is 29.1 Å². The summed E-state index contributed by atoms with van der Waals surface area (Å²) in [4.78, 5) is 29.2. The molecule has 1 N–H and O–H groups in total. The van der Waals surface area contributed by atoms with Crippen molar-refractivity contribution < 1.29 is 22.7 Å². The molecule has 8 nitrogen and oxygen atoms in total. The fraction of sp³-hybridized carbons (Fsp3) is 0.394. The molecule has 10 heteroatoms. The number of anilines is 1. The van der Waals surface area contributed by atoms with Crippen molar-refractivity contribution in [2.75, 3.05) is 18.0 Å². The normalized spacial score (nSPS) is 14.5. The van der Waals surface area contributed by atoms with Crippen LogP contribution in [0.2, 0.25) is 5.02 Å². The number of carbonyl (C=O) groups excluding carboxylic acids is 2. The van der Waals surface area contributed by atoms with E-state index in [2.05, 4.69) is 5.32 Å². The van der Waals surface area contributed by atoms with Crippen molar-refractivity contribution in [1.29, 1.82) is 0 Å². The Labute approximate surface area is 260 Å². The van der Waals surface area contributed by atoms with Crippen LogP contribution in [0.4, 0.5) is 5.69 Å². The Morgan fingerprint density at radius 3 is 2.21 bits per heavy atom. The fourth-order valence-electron chi connectivity index (χ4n) is 5.28. The largest absolute Gasteiger partial charge is 0.495 e. The molecule has 1 aliphatic rings. The summed E-state index contributed by atoms with van der Waals surface area (Å²) in [7, 11) is -2.75. The van der Waals surface area contributed by atoms with Gasteiger partial charge in [-0.25, -0.2) is 8.42 Å². The van der Waals surface area contributed by atoms with Gasteiger partial charge in [0.05, 0.1) is 17.7 Å². The minimum Gasteiger partial charge on any atom is -0.495 e. The average Bonchev–Trinajstić information content (AvgIpc) is 2.99. The summed E-state index contributed by atoms with van der Waals surface area (Å²) in [5.41, 5.74) is 2.70. The van der Waals surface area contributed by atoms with Gasteiger partial charge >= 0.3 is 0 Å². The van der Waals surface area contributed by atoms with Crippen molar-refractivity contribution in [2.24, 2.45) is 0 Å². The van der Waals surface area contributed by atoms with Crippen LogP contribution in [-0.4, -0.2) is 50.9 Å². The number of methoxy groups -OCH3 is 1. The monoisotopic (exact) mass is 625 g/mol. The van der Waals surface area contributed by atoms with E-state index in [4.69, 9.17) is 16.3 Å². The van der Waals surface area contributed by atoms with Gasteiger partial charge in [0.1, 0.15) is 18.3 Å². The first-order valence-electron chi connectivity index (χ1n) is 14.6. The molecule has 3 aromatic rings. The van der Waals surface area contributed by atoms with Crippen molar-refractivity contribution in [3.63, 3.8) is 0 Å². The van der Waals surface area contributed by atoms with Crippen molar-refractivity contribution in [2.45, 2.75) is 76.4 Å². The third kappa shape index (κ3) is 8.09. The average molecular weight is 626 g/mol. The summed E-state index contributed by atoms with van der Waals surface area (Å²) in [6.07, 6.45) is 5.06. The maximum atomic E-state index is 14.2. The Morgan fingerprint density at radius 1 is 0.953 bits per heavy atom. The van der Waals surface area contributed by atoms with Crippen molar-refractivity contribution in [3.8, 4) is 5.75 Å². The Hall–Kier alpha value is -3.56. The SMILES string of the molecule is COc1ccc(C)cc1N(CC(=O)N(Cc1ccc(Cl)cc1)[C@H](C)C(=O)NC1CCCCC1)S(=O)(=O)c1ccc(C)cc1. The van der Waals surface area contributed by atoms with Crippen molar-refractivity contribution in [3.05, 3.63) is 88.4 Å². The quantitative estimate of drug-likeness (QED) is 0.281. The number of amides is 2. The molecule has 1 atom stereocenters. The van der Waals surface area contributed by atoms with Gasteiger partial charge in [-0.3, -0.25) is 13.9 Å². The van der Waals surface area contributed by atoms with E-state index in [0.29, 0.717) is 10.8 Å². The van der Waals surface area contributed by atoms with Crippen LogP contribution in [0.25, 0.3) is 0 Å². The van der Waals surface area contributed by atoms with Crippen LogP contribution in [-0.2, 0) is 26.2 Å². The number of aryl methyl sites for hydroxylation is 2. The number of halogens is 1. The van der Waals surface area contributed by atoms with Gasteiger partial charge in [0.25, 0.3) is 10.0 Å². The van der Waals surface area contributed by atoms with Crippen LogP contribution in [0.5, 0.6) is 5.75 Å². The van der Waals surface area contributed by atoms with E-state index in [1.807, 2.05) is 19.9 Å². The second-order valence-electron chi connectivity index (χ2n) is 11.2. The number of hydrogen-bond donors (Lipinski definition) is 1. The van der Waals surface area contributed by atoms with Gasteiger partial charge in [0, 0.05) is 17.6 Å². The highest BCUT2D eigenvalue weighted by molar-refractivity contribution is 7.92. The highest BCUT2D eigenvalue weighted by Gasteiger charge is 2.34. The first kappa shape index (κ1) is 32.4. The van der Waals surface area contributed by atoms with Crippen molar-refractivity contribution >= 4 is 39.1 Å². The smallest absolute Gasteiger partial charge is 0.264 e. The standard InChI is InChI=1S/C33H40ClN3O5S/c1-23-10-17-29(18-11-23)43(40,41)37(30-20-24(2)12-19-31(30)42-4)22-32(38)36(21-26-13-15-27(34)16-14-26)25(3)33(39)35-28-8-6-5-7-9-28/h10-20,25,28H,5-9,21-22H2,1-4H3,(H,35,39)/t25-/m1/s1. The summed E-state index contributed by atoms with van der Waals surface area (Å²) in [6.45, 7) is 4.95. The highest BCUT2D eigenvalue weighted by atomic mass is 35.5. The van der Waals surface area contributed by atoms with Gasteiger partial charge in [-0.05, 0) is 81.1 Å². The summed E-state index contributed by atoms with van der Waals surface area (Å²) in [6, 6.07) is 17.9. The molecule has 230 valence electrons. The molecule has 4 rings (SSSR count). The first-order valence-corrected chi connectivity index (χ1v) is 16.4. The van der Waals surface area contributed by atoms with Gasteiger partial charge < -0.3 is 15.0 Å². The maximum absolute atomic E-state index is 14.2. The molecular weight excluding hydrogens is 586 g/mol. The molecule has 0 unspecified atom stereocenters. The van der Waals surface area contributed by atoms with Crippen molar-refractivity contribution in [1.82, 2.24) is 10.2 Å². The minimum atomic E-state index is -4.21. The number of rotatable bonds is 11. The van der Waals surface area contributed by atoms with Crippen LogP contribution in [0, 0.1) is 13.8 Å². The Bertz CT molecular complexity index is 1520. The zero-order valence-corrected chi connectivity index (χ0v) is 26.7. The van der Waals surface area contributed by atoms with E-state index < -0.39 is 28.5 Å². The second-order valence-corrected chi connectivity index (χ2v) is 13.5. The molecule has 3 aromatic carbocycles. The molecule has 1 aliphatic carbocycles. The zero-order valence-electron chi connectivity index (χ0n) is 25.2. The molecule has 1 fully saturated rings. The first-order chi connectivity index (χ1) is 20.5. The predicted molar refractivity (Wildman–Crippen MR) is 170 cm³/mol. The number of sulfonamides is 1. The molecule has 0 radical (unpaired) electrons. The van der Waals surface area contributed by atoms with E-state index in [1.54, 1.807) is 55.5 Å². The van der Waals surface area contributed by atoms with Crippen LogP contribution in [0.3, 0.4) is 0 Å². The third-order valence-corrected chi connectivity index (χ3v) is 9.90. The fourth-order valence-corrected chi connectivity index (χ4v) is 6.83. The molecule has 1 saturated carbocycles. The number of carbonyl (C=O) groups is 2. The van der Waals surface area contributed by atoms with Gasteiger partial charge in [0.2, 0.25) is 11.8 Å². The van der Waals surface area contributed by atoms with E-state index in [1.165, 1.54) is 24.1 Å². The lowest BCUT2D eigenvalue weighted by molar-refractivity contribution is -0.139. The molecule has 2 amide bonds. The summed E-state index contributed by atoms with van der Waals surface area (Å²) < 4.78 is 34.9. The lowest BCUT2D eigenvalue weighted by atomic mass is 9.95. The summed E-state index contributed by atoms with van der Waals surface area (Å²) >= 11 is 6.10. The Balaban J connectivity index is 1.72. The topological polar surface area (TPSA) is 96.0 Å². The molecule has 43 heavy (non-hydrogen) atoms. The van der Waals surface area contributed by atoms with Gasteiger partial charge in [-0.2, -0.15) is 0 Å². The number of hydrogen-bond acceptors (Lipinski definition) is 5. The van der Waals surface area contributed by atoms with E-state index in [0.717, 1.165) is 53.1 Å². The van der Waals surface area contributed by atoms with Crippen LogP contribution < -0.4 is 14.4 Å². The molecule has 0 heterocycles. The van der Waals surface area contributed by atoms with Gasteiger partial charge in [0.15, 0.2) is 0 Å². The lowest BCUT2D eigenvalue weighted by Gasteiger charge is -2.33. The highest BCUT2D eigenvalue weighted by Crippen LogP contribution is 2.34. The van der Waals surface area contributed by atoms with E-state index >= 15 is 0 Å². The Kier molecular flexibility index (Phi) is 10.7. The number of nitrogens with one attached hydrogen (secondary N) is 1. The molecule has 0 aromatic heterocycles. The van der Waals surface area contributed by atoms with E-state index in [9.17, 15) is 18.0 Å². The molecule has 0 saturated heterocycles. The van der Waals surface area contributed by atoms with Gasteiger partial charge in [-0.1, -0.05) is 66.8 Å². The molecule has 0 spiro atoms. The summed E-state index contributed by atoms with van der Waals surface area (Å²) in [5, 5.41) is 3.66. The molecular formula is C33H40ClN3O5S.